The van der Waals surface area contributed by atoms with Crippen LogP contribution in [0.25, 0.3) is 0 Å². The number of H-pyrrole nitrogens is 1. The molecule has 1 aliphatic carbocycles. The van der Waals surface area contributed by atoms with E-state index >= 15 is 0 Å². The van der Waals surface area contributed by atoms with Crippen molar-refractivity contribution in [1.29, 1.82) is 0 Å². The Labute approximate surface area is 143 Å². The minimum atomic E-state index is -0.284. The molecule has 1 aromatic heterocycles. The summed E-state index contributed by atoms with van der Waals surface area (Å²) in [6.45, 7) is 4.41. The Kier molecular flexibility index (Phi) is 4.99. The van der Waals surface area contributed by atoms with Crippen LogP contribution in [0.3, 0.4) is 0 Å². The van der Waals surface area contributed by atoms with E-state index in [0.717, 1.165) is 36.1 Å². The number of carbonyl (C=O) groups is 1. The molecule has 0 fully saturated rings. The van der Waals surface area contributed by atoms with Gasteiger partial charge in [0.25, 0.3) is 0 Å². The van der Waals surface area contributed by atoms with Gasteiger partial charge in [-0.15, -0.1) is 0 Å². The Balaban J connectivity index is 1.75. The fourth-order valence-electron chi connectivity index (χ4n) is 3.17. The lowest BCUT2D eigenvalue weighted by molar-refractivity contribution is 0.0465. The SMILES string of the molecule is CCc1c(CC2=CCC=C2)[nH]c(C(=O)OCc2ccccc2)c1C. The van der Waals surface area contributed by atoms with Gasteiger partial charge >= 0.3 is 5.97 Å². The van der Waals surface area contributed by atoms with Crippen molar-refractivity contribution in [3.05, 3.63) is 82.2 Å². The number of hydrogen-bond acceptors (Lipinski definition) is 2. The van der Waals surface area contributed by atoms with Gasteiger partial charge in [-0.2, -0.15) is 0 Å². The number of carbonyl (C=O) groups excluding carboxylic acids is 1. The van der Waals surface area contributed by atoms with Crippen molar-refractivity contribution in [1.82, 2.24) is 4.98 Å². The highest BCUT2D eigenvalue weighted by molar-refractivity contribution is 5.89. The van der Waals surface area contributed by atoms with Gasteiger partial charge in [0.1, 0.15) is 12.3 Å². The van der Waals surface area contributed by atoms with E-state index in [1.165, 1.54) is 11.1 Å². The standard InChI is InChI=1S/C21H23NO2/c1-3-18-15(2)20(22-19(18)13-16-9-7-8-10-16)21(23)24-14-17-11-5-4-6-12-17/h4-7,9-12,22H,3,8,13-14H2,1-2H3. The van der Waals surface area contributed by atoms with Crippen LogP contribution in [0.5, 0.6) is 0 Å². The largest absolute Gasteiger partial charge is 0.456 e. The van der Waals surface area contributed by atoms with Gasteiger partial charge in [0.15, 0.2) is 0 Å². The summed E-state index contributed by atoms with van der Waals surface area (Å²) in [5.41, 5.74) is 6.23. The lowest BCUT2D eigenvalue weighted by Crippen LogP contribution is -2.07. The summed E-state index contributed by atoms with van der Waals surface area (Å²) in [5, 5.41) is 0. The first-order valence-corrected chi connectivity index (χ1v) is 8.46. The third-order valence-corrected chi connectivity index (χ3v) is 4.47. The van der Waals surface area contributed by atoms with Crippen molar-refractivity contribution in [3.63, 3.8) is 0 Å². The zero-order chi connectivity index (χ0) is 16.9. The minimum Gasteiger partial charge on any atom is -0.456 e. The molecular formula is C21H23NO2. The quantitative estimate of drug-likeness (QED) is 0.786. The maximum Gasteiger partial charge on any atom is 0.355 e. The number of benzene rings is 1. The molecule has 0 amide bonds. The summed E-state index contributed by atoms with van der Waals surface area (Å²) in [5.74, 6) is -0.284. The van der Waals surface area contributed by atoms with Crippen LogP contribution in [-0.4, -0.2) is 11.0 Å². The van der Waals surface area contributed by atoms with Crippen molar-refractivity contribution in [3.8, 4) is 0 Å². The molecule has 2 aromatic rings. The van der Waals surface area contributed by atoms with Crippen molar-refractivity contribution < 1.29 is 9.53 Å². The lowest BCUT2D eigenvalue weighted by atomic mass is 10.0. The van der Waals surface area contributed by atoms with Gasteiger partial charge in [0.05, 0.1) is 0 Å². The van der Waals surface area contributed by atoms with Crippen LogP contribution in [0.4, 0.5) is 0 Å². The van der Waals surface area contributed by atoms with E-state index < -0.39 is 0 Å². The molecule has 0 aliphatic heterocycles. The summed E-state index contributed by atoms with van der Waals surface area (Å²) in [4.78, 5) is 15.8. The molecule has 3 heteroatoms. The summed E-state index contributed by atoms with van der Waals surface area (Å²) in [7, 11) is 0. The maximum atomic E-state index is 12.5. The molecule has 1 heterocycles. The van der Waals surface area contributed by atoms with Gasteiger partial charge in [-0.1, -0.05) is 55.5 Å². The summed E-state index contributed by atoms with van der Waals surface area (Å²) >= 11 is 0. The van der Waals surface area contributed by atoms with Crippen LogP contribution in [0.2, 0.25) is 0 Å². The van der Waals surface area contributed by atoms with Crippen molar-refractivity contribution >= 4 is 5.97 Å². The van der Waals surface area contributed by atoms with Crippen LogP contribution >= 0.6 is 0 Å². The Morgan fingerprint density at radius 1 is 1.25 bits per heavy atom. The van der Waals surface area contributed by atoms with Crippen LogP contribution < -0.4 is 0 Å². The van der Waals surface area contributed by atoms with E-state index in [0.29, 0.717) is 12.3 Å². The number of nitrogens with one attached hydrogen (secondary N) is 1. The molecule has 1 aromatic carbocycles. The van der Waals surface area contributed by atoms with Crippen molar-refractivity contribution in [2.45, 2.75) is 39.7 Å². The second-order valence-corrected chi connectivity index (χ2v) is 6.09. The Morgan fingerprint density at radius 3 is 2.71 bits per heavy atom. The van der Waals surface area contributed by atoms with Crippen LogP contribution in [0.15, 0.2) is 54.1 Å². The average molecular weight is 321 g/mol. The monoisotopic (exact) mass is 321 g/mol. The molecule has 0 atom stereocenters. The molecule has 1 aliphatic rings. The summed E-state index contributed by atoms with van der Waals surface area (Å²) in [6, 6.07) is 9.75. The van der Waals surface area contributed by atoms with Crippen LogP contribution in [-0.2, 0) is 24.2 Å². The second-order valence-electron chi connectivity index (χ2n) is 6.09. The third kappa shape index (κ3) is 3.51. The molecular weight excluding hydrogens is 298 g/mol. The van der Waals surface area contributed by atoms with Gasteiger partial charge in [0, 0.05) is 12.1 Å². The molecule has 0 saturated carbocycles. The fourth-order valence-corrected chi connectivity index (χ4v) is 3.17. The number of rotatable bonds is 6. The molecule has 124 valence electrons. The van der Waals surface area contributed by atoms with Crippen LogP contribution in [0, 0.1) is 6.92 Å². The number of hydrogen-bond donors (Lipinski definition) is 1. The zero-order valence-electron chi connectivity index (χ0n) is 14.3. The number of esters is 1. The van der Waals surface area contributed by atoms with E-state index in [9.17, 15) is 4.79 Å². The van der Waals surface area contributed by atoms with Gasteiger partial charge in [-0.3, -0.25) is 0 Å². The molecule has 3 nitrogen and oxygen atoms in total. The average Bonchev–Trinajstić information content (AvgIpc) is 3.22. The Morgan fingerprint density at radius 2 is 2.04 bits per heavy atom. The molecule has 0 radical (unpaired) electrons. The summed E-state index contributed by atoms with van der Waals surface area (Å²) < 4.78 is 5.48. The molecule has 1 N–H and O–H groups in total. The highest BCUT2D eigenvalue weighted by atomic mass is 16.5. The predicted molar refractivity (Wildman–Crippen MR) is 96.0 cm³/mol. The number of aromatic nitrogens is 1. The summed E-state index contributed by atoms with van der Waals surface area (Å²) in [6.07, 6.45) is 9.29. The first-order valence-electron chi connectivity index (χ1n) is 8.46. The molecule has 0 saturated heterocycles. The van der Waals surface area contributed by atoms with Gasteiger partial charge in [-0.05, 0) is 42.0 Å². The van der Waals surface area contributed by atoms with E-state index in [1.54, 1.807) is 0 Å². The van der Waals surface area contributed by atoms with Crippen LogP contribution in [0.1, 0.15) is 46.2 Å². The molecule has 24 heavy (non-hydrogen) atoms. The Hall–Kier alpha value is -2.55. The molecule has 0 unspecified atom stereocenters. The molecule has 0 spiro atoms. The second kappa shape index (κ2) is 7.35. The zero-order valence-corrected chi connectivity index (χ0v) is 14.3. The first-order chi connectivity index (χ1) is 11.7. The highest BCUT2D eigenvalue weighted by Crippen LogP contribution is 2.24. The lowest BCUT2D eigenvalue weighted by Gasteiger charge is -2.04. The van der Waals surface area contributed by atoms with Crippen molar-refractivity contribution in [2.75, 3.05) is 0 Å². The smallest absolute Gasteiger partial charge is 0.355 e. The number of aromatic amines is 1. The Bertz CT molecular complexity index is 782. The predicted octanol–water partition coefficient (Wildman–Crippen LogP) is 4.67. The molecule has 0 bridgehead atoms. The van der Waals surface area contributed by atoms with Gasteiger partial charge in [-0.25, -0.2) is 4.79 Å². The topological polar surface area (TPSA) is 42.1 Å². The normalized spacial score (nSPS) is 13.2. The maximum absolute atomic E-state index is 12.5. The molecule has 3 rings (SSSR count). The van der Waals surface area contributed by atoms with E-state index in [-0.39, 0.29) is 5.97 Å². The van der Waals surface area contributed by atoms with E-state index in [1.807, 2.05) is 37.3 Å². The third-order valence-electron chi connectivity index (χ3n) is 4.47. The number of allylic oxidation sites excluding steroid dienone is 4. The first kappa shape index (κ1) is 16.3. The fraction of sp³-hybridized carbons (Fsp3) is 0.286. The number of ether oxygens (including phenoxy) is 1. The van der Waals surface area contributed by atoms with E-state index in [4.69, 9.17) is 4.74 Å². The minimum absolute atomic E-state index is 0.284. The van der Waals surface area contributed by atoms with Crippen molar-refractivity contribution in [2.24, 2.45) is 0 Å². The van der Waals surface area contributed by atoms with Gasteiger partial charge in [0.2, 0.25) is 0 Å². The highest BCUT2D eigenvalue weighted by Gasteiger charge is 2.20. The van der Waals surface area contributed by atoms with Gasteiger partial charge < -0.3 is 9.72 Å². The van der Waals surface area contributed by atoms with E-state index in [2.05, 4.69) is 30.1 Å².